The number of hydrogen-bond donors (Lipinski definition) is 1. The van der Waals surface area contributed by atoms with E-state index in [0.717, 1.165) is 0 Å². The first-order valence-electron chi connectivity index (χ1n) is 8.53. The summed E-state index contributed by atoms with van der Waals surface area (Å²) in [6, 6.07) is 5.74. The van der Waals surface area contributed by atoms with Gasteiger partial charge in [0.1, 0.15) is 11.6 Å². The quantitative estimate of drug-likeness (QED) is 0.654. The number of pyridine rings is 1. The summed E-state index contributed by atoms with van der Waals surface area (Å²) >= 11 is 6.13. The summed E-state index contributed by atoms with van der Waals surface area (Å²) in [4.78, 5) is 27.9. The molecule has 0 aliphatic heterocycles. The number of carbonyl (C=O) groups excluding carboxylic acids is 2. The zero-order valence-corrected chi connectivity index (χ0v) is 15.8. The van der Waals surface area contributed by atoms with Crippen molar-refractivity contribution in [2.75, 3.05) is 0 Å². The van der Waals surface area contributed by atoms with Crippen molar-refractivity contribution in [1.82, 2.24) is 10.3 Å². The van der Waals surface area contributed by atoms with Crippen molar-refractivity contribution >= 4 is 23.2 Å². The number of benzene rings is 1. The summed E-state index contributed by atoms with van der Waals surface area (Å²) in [6.45, 7) is 5.31. The fraction of sp³-hybridized carbons (Fsp3) is 0.350. The minimum atomic E-state index is -0.631. The maximum absolute atomic E-state index is 15.2. The van der Waals surface area contributed by atoms with Gasteiger partial charge in [-0.05, 0) is 38.5 Å². The number of hydrogen-bond acceptors (Lipinski definition) is 4. The first-order chi connectivity index (χ1) is 12.3. The number of Topliss-reactive ketones (excluding diaryl/α,β-unsaturated/α-hetero) is 1. The molecular formula is C20H26ClFN2O2. The van der Waals surface area contributed by atoms with Gasteiger partial charge in [-0.3, -0.25) is 14.6 Å². The Morgan fingerprint density at radius 1 is 1.27 bits per heavy atom. The lowest BCUT2D eigenvalue weighted by molar-refractivity contribution is -0.117. The first-order valence-corrected chi connectivity index (χ1v) is 8.91. The number of nitrogens with one attached hydrogen (secondary N) is 1. The van der Waals surface area contributed by atoms with Crippen molar-refractivity contribution in [3.8, 4) is 0 Å². The van der Waals surface area contributed by atoms with Crippen LogP contribution in [0.1, 0.15) is 64.0 Å². The van der Waals surface area contributed by atoms with Gasteiger partial charge in [0.2, 0.25) is 0 Å². The zero-order chi connectivity index (χ0) is 19.3. The smallest absolute Gasteiger partial charge is 0.197 e. The molecule has 0 saturated heterocycles. The lowest BCUT2D eigenvalue weighted by Crippen LogP contribution is -2.32. The van der Waals surface area contributed by atoms with Gasteiger partial charge in [0.25, 0.3) is 0 Å². The molecule has 26 heavy (non-hydrogen) atoms. The zero-order valence-electron chi connectivity index (χ0n) is 15.1. The van der Waals surface area contributed by atoms with Crippen LogP contribution in [0.2, 0.25) is 5.02 Å². The molecule has 2 atom stereocenters. The van der Waals surface area contributed by atoms with E-state index in [-0.39, 0.29) is 31.3 Å². The molecule has 0 aliphatic rings. The van der Waals surface area contributed by atoms with Crippen LogP contribution >= 0.6 is 11.6 Å². The van der Waals surface area contributed by atoms with Crippen LogP contribution in [0.5, 0.6) is 0 Å². The maximum Gasteiger partial charge on any atom is 0.197 e. The molecule has 0 spiro atoms. The molecule has 2 rings (SSSR count). The summed E-state index contributed by atoms with van der Waals surface area (Å²) in [5, 5.41) is 3.32. The molecule has 0 amide bonds. The third-order valence-corrected chi connectivity index (χ3v) is 4.47. The van der Waals surface area contributed by atoms with Crippen molar-refractivity contribution in [3.05, 3.63) is 64.2 Å². The molecule has 4 nitrogen and oxygen atoms in total. The van der Waals surface area contributed by atoms with Gasteiger partial charge in [0.05, 0.1) is 10.6 Å². The molecule has 1 aromatic heterocycles. The van der Waals surface area contributed by atoms with Crippen LogP contribution in [0.15, 0.2) is 36.7 Å². The molecule has 0 saturated carbocycles. The molecule has 0 unspecified atom stereocenters. The van der Waals surface area contributed by atoms with Crippen LogP contribution in [0.3, 0.4) is 0 Å². The van der Waals surface area contributed by atoms with Crippen LogP contribution in [-0.2, 0) is 4.79 Å². The van der Waals surface area contributed by atoms with Gasteiger partial charge in [-0.15, -0.1) is 0 Å². The number of rotatable bonds is 8. The second-order valence-electron chi connectivity index (χ2n) is 6.33. The predicted octanol–water partition coefficient (Wildman–Crippen LogP) is 5.01. The molecule has 1 N–H and O–H groups in total. The normalized spacial score (nSPS) is 13.3. The first kappa shape index (κ1) is 20.2. The third-order valence-electron chi connectivity index (χ3n) is 4.15. The molecule has 0 radical (unpaired) electrons. The van der Waals surface area contributed by atoms with Crippen LogP contribution in [0.4, 0.5) is 4.39 Å². The van der Waals surface area contributed by atoms with E-state index in [4.69, 9.17) is 11.6 Å². The van der Waals surface area contributed by atoms with Crippen LogP contribution in [0.25, 0.3) is 0 Å². The number of carbonyl (C=O) groups is 2. The summed E-state index contributed by atoms with van der Waals surface area (Å²) in [5.41, 5.74) is 0.545. The lowest BCUT2D eigenvalue weighted by atomic mass is 9.96. The Kier molecular flexibility index (Phi) is 7.00. The SMILES string of the molecule is CC[C@@H](N[C@@H](C)CC(C)=O)c1ccc(Cl)c(C(=O)c2ccncc2)c1F.[HH].[HH]. The summed E-state index contributed by atoms with van der Waals surface area (Å²) in [6.07, 6.45) is 3.91. The van der Waals surface area contributed by atoms with Crippen LogP contribution in [0, 0.1) is 5.82 Å². The van der Waals surface area contributed by atoms with E-state index in [2.05, 4.69) is 10.3 Å². The Morgan fingerprint density at radius 2 is 1.92 bits per heavy atom. The van der Waals surface area contributed by atoms with E-state index in [9.17, 15) is 9.59 Å². The van der Waals surface area contributed by atoms with Gasteiger partial charge in [-0.1, -0.05) is 24.6 Å². The van der Waals surface area contributed by atoms with Gasteiger partial charge in [0, 0.05) is 44.9 Å². The van der Waals surface area contributed by atoms with Gasteiger partial charge in [-0.25, -0.2) is 4.39 Å². The van der Waals surface area contributed by atoms with Crippen molar-refractivity contribution in [3.63, 3.8) is 0 Å². The van der Waals surface area contributed by atoms with E-state index in [1.165, 1.54) is 37.5 Å². The molecular weight excluding hydrogens is 355 g/mol. The van der Waals surface area contributed by atoms with E-state index < -0.39 is 11.6 Å². The third kappa shape index (κ3) is 4.74. The van der Waals surface area contributed by atoms with Gasteiger partial charge in [0.15, 0.2) is 5.78 Å². The highest BCUT2D eigenvalue weighted by atomic mass is 35.5. The minimum absolute atomic E-state index is 0. The Labute approximate surface area is 160 Å². The summed E-state index contributed by atoms with van der Waals surface area (Å²) in [7, 11) is 0. The standard InChI is InChI=1S/C20H22ClFN2O2.2H2/c1-4-17(24-12(2)11-13(3)25)15-5-6-16(21)18(19(15)22)20(26)14-7-9-23-10-8-14;;/h5-10,12,17,24H,4,11H2,1-3H3;2*1H/t12-,17+;;/m0../s1. The average molecular weight is 381 g/mol. The Balaban J connectivity index is 0.00000364. The molecule has 0 fully saturated rings. The molecule has 0 aliphatic carbocycles. The highest BCUT2D eigenvalue weighted by molar-refractivity contribution is 6.35. The molecule has 1 aromatic carbocycles. The largest absolute Gasteiger partial charge is 0.307 e. The van der Waals surface area contributed by atoms with E-state index in [1.807, 2.05) is 13.8 Å². The monoisotopic (exact) mass is 380 g/mol. The van der Waals surface area contributed by atoms with Crippen molar-refractivity contribution in [2.24, 2.45) is 0 Å². The second-order valence-corrected chi connectivity index (χ2v) is 6.73. The molecule has 6 heteroatoms. The fourth-order valence-corrected chi connectivity index (χ4v) is 3.19. The molecule has 142 valence electrons. The van der Waals surface area contributed by atoms with Crippen molar-refractivity contribution < 1.29 is 16.8 Å². The minimum Gasteiger partial charge on any atom is -0.307 e. The van der Waals surface area contributed by atoms with Crippen molar-refractivity contribution in [2.45, 2.75) is 45.7 Å². The highest BCUT2D eigenvalue weighted by Gasteiger charge is 2.24. The van der Waals surface area contributed by atoms with Crippen molar-refractivity contribution in [1.29, 1.82) is 0 Å². The molecule has 0 bridgehead atoms. The Bertz CT molecular complexity index is 806. The fourth-order valence-electron chi connectivity index (χ4n) is 2.95. The van der Waals surface area contributed by atoms with Crippen LogP contribution in [-0.4, -0.2) is 22.6 Å². The van der Waals surface area contributed by atoms with E-state index in [0.29, 0.717) is 24.0 Å². The number of halogens is 2. The average Bonchev–Trinajstić information content (AvgIpc) is 2.60. The highest BCUT2D eigenvalue weighted by Crippen LogP contribution is 2.30. The maximum atomic E-state index is 15.2. The number of aromatic nitrogens is 1. The van der Waals surface area contributed by atoms with E-state index >= 15 is 4.39 Å². The van der Waals surface area contributed by atoms with Gasteiger partial charge < -0.3 is 5.32 Å². The van der Waals surface area contributed by atoms with Gasteiger partial charge >= 0.3 is 0 Å². The van der Waals surface area contributed by atoms with E-state index in [1.54, 1.807) is 6.07 Å². The molecule has 1 heterocycles. The predicted molar refractivity (Wildman–Crippen MR) is 104 cm³/mol. The van der Waals surface area contributed by atoms with Crippen LogP contribution < -0.4 is 5.32 Å². The molecule has 2 aromatic rings. The summed E-state index contributed by atoms with van der Waals surface area (Å²) in [5.74, 6) is -1.05. The second kappa shape index (κ2) is 9.01. The number of nitrogens with zero attached hydrogens (tertiary/aromatic N) is 1. The number of ketones is 2. The topological polar surface area (TPSA) is 59.1 Å². The van der Waals surface area contributed by atoms with Gasteiger partial charge in [-0.2, -0.15) is 0 Å². The lowest BCUT2D eigenvalue weighted by Gasteiger charge is -2.23. The Hall–Kier alpha value is -2.11. The Morgan fingerprint density at radius 3 is 2.50 bits per heavy atom. The summed E-state index contributed by atoms with van der Waals surface area (Å²) < 4.78 is 15.2.